The van der Waals surface area contributed by atoms with E-state index < -0.39 is 0 Å². The van der Waals surface area contributed by atoms with Crippen LogP contribution in [0.4, 0.5) is 4.79 Å². The molecule has 1 rings (SSSR count). The van der Waals surface area contributed by atoms with E-state index in [-0.39, 0.29) is 24.5 Å². The smallest absolute Gasteiger partial charge is 0.318 e. The summed E-state index contributed by atoms with van der Waals surface area (Å²) < 4.78 is 5.17. The van der Waals surface area contributed by atoms with Crippen LogP contribution >= 0.6 is 0 Å². The lowest BCUT2D eigenvalue weighted by atomic mass is 10.0. The number of amides is 3. The summed E-state index contributed by atoms with van der Waals surface area (Å²) in [6.45, 7) is 3.11. The van der Waals surface area contributed by atoms with Crippen molar-refractivity contribution in [3.8, 4) is 0 Å². The number of carbonyl (C=O) groups is 2. The van der Waals surface area contributed by atoms with E-state index in [1.165, 1.54) is 0 Å². The molecular weight excluding hydrogens is 262 g/mol. The highest BCUT2D eigenvalue weighted by Crippen LogP contribution is 2.17. The highest BCUT2D eigenvalue weighted by atomic mass is 16.5. The van der Waals surface area contributed by atoms with Crippen molar-refractivity contribution >= 4 is 12.4 Å². The molecular formula is C12H21N5O3. The Hall–Kier alpha value is -2.22. The number of allylic oxidation sites excluding steroid dienone is 1. The summed E-state index contributed by atoms with van der Waals surface area (Å²) in [7, 11) is 1.54. The average Bonchev–Trinajstić information content (AvgIpc) is 2.80. The van der Waals surface area contributed by atoms with Crippen LogP contribution in [-0.2, 0) is 9.53 Å². The van der Waals surface area contributed by atoms with E-state index >= 15 is 0 Å². The summed E-state index contributed by atoms with van der Waals surface area (Å²) in [5.41, 5.74) is 12.7. The Morgan fingerprint density at radius 3 is 2.75 bits per heavy atom. The molecule has 1 aliphatic rings. The van der Waals surface area contributed by atoms with E-state index in [4.69, 9.17) is 16.2 Å². The number of carbonyl (C=O) groups excluding carboxylic acids is 2. The van der Waals surface area contributed by atoms with Crippen LogP contribution < -0.4 is 22.1 Å². The first kappa shape index (κ1) is 15.8. The molecule has 112 valence electrons. The molecule has 0 bridgehead atoms. The molecule has 1 heterocycles. The average molecular weight is 283 g/mol. The second-order valence-corrected chi connectivity index (χ2v) is 4.40. The molecule has 1 aliphatic heterocycles. The van der Waals surface area contributed by atoms with Crippen LogP contribution in [0.1, 0.15) is 6.92 Å². The number of nitrogens with one attached hydrogen (secondary N) is 2. The third kappa shape index (κ3) is 3.89. The van der Waals surface area contributed by atoms with Crippen molar-refractivity contribution in [2.75, 3.05) is 26.8 Å². The lowest BCUT2D eigenvalue weighted by molar-refractivity contribution is -0.108. The summed E-state index contributed by atoms with van der Waals surface area (Å²) in [6.07, 6.45) is 2.02. The predicted molar refractivity (Wildman–Crippen MR) is 74.1 cm³/mol. The number of ether oxygens (including phenoxy) is 1. The van der Waals surface area contributed by atoms with Gasteiger partial charge in [-0.15, -0.1) is 0 Å². The largest absolute Gasteiger partial charge is 0.402 e. The topological polar surface area (TPSA) is 123 Å². The first-order valence-corrected chi connectivity index (χ1v) is 6.18. The molecule has 3 amide bonds. The molecule has 1 fully saturated rings. The van der Waals surface area contributed by atoms with Gasteiger partial charge in [0.2, 0.25) is 6.41 Å². The van der Waals surface area contributed by atoms with Crippen molar-refractivity contribution in [2.24, 2.45) is 11.5 Å². The van der Waals surface area contributed by atoms with Gasteiger partial charge in [-0.3, -0.25) is 4.79 Å². The van der Waals surface area contributed by atoms with Gasteiger partial charge in [0.25, 0.3) is 0 Å². The second-order valence-electron chi connectivity index (χ2n) is 4.40. The summed E-state index contributed by atoms with van der Waals surface area (Å²) in [5.74, 6) is 0.153. The molecule has 1 saturated heterocycles. The lowest BCUT2D eigenvalue weighted by Gasteiger charge is -2.28. The van der Waals surface area contributed by atoms with Crippen LogP contribution in [0.5, 0.6) is 0 Å². The molecule has 0 aliphatic carbocycles. The molecule has 0 aromatic rings. The number of hydrogen-bond acceptors (Lipinski definition) is 5. The molecule has 8 nitrogen and oxygen atoms in total. The fourth-order valence-electron chi connectivity index (χ4n) is 2.04. The molecule has 0 aromatic heterocycles. The molecule has 0 radical (unpaired) electrons. The van der Waals surface area contributed by atoms with Gasteiger partial charge in [-0.05, 0) is 18.6 Å². The highest BCUT2D eigenvalue weighted by Gasteiger charge is 2.30. The maximum absolute atomic E-state index is 11.8. The van der Waals surface area contributed by atoms with Crippen molar-refractivity contribution in [1.82, 2.24) is 15.5 Å². The number of hydrogen-bond donors (Lipinski definition) is 4. The summed E-state index contributed by atoms with van der Waals surface area (Å²) >= 11 is 0. The first-order chi connectivity index (χ1) is 9.51. The minimum absolute atomic E-state index is 0.153. The Kier molecular flexibility index (Phi) is 5.85. The summed E-state index contributed by atoms with van der Waals surface area (Å²) in [6, 6.07) is -0.541. The normalized spacial score (nSPS) is 18.4. The quantitative estimate of drug-likeness (QED) is 0.345. The maximum Gasteiger partial charge on any atom is 0.318 e. The van der Waals surface area contributed by atoms with E-state index in [1.54, 1.807) is 25.0 Å². The van der Waals surface area contributed by atoms with Crippen LogP contribution in [0.3, 0.4) is 0 Å². The minimum Gasteiger partial charge on any atom is -0.402 e. The van der Waals surface area contributed by atoms with Gasteiger partial charge in [0.05, 0.1) is 12.6 Å². The Balaban J connectivity index is 3.07. The zero-order valence-corrected chi connectivity index (χ0v) is 11.7. The first-order valence-electron chi connectivity index (χ1n) is 6.18. The molecule has 20 heavy (non-hydrogen) atoms. The van der Waals surface area contributed by atoms with Gasteiger partial charge < -0.3 is 31.7 Å². The summed E-state index contributed by atoms with van der Waals surface area (Å²) in [5, 5.41) is 5.06. The maximum atomic E-state index is 11.8. The van der Waals surface area contributed by atoms with Gasteiger partial charge in [-0.25, -0.2) is 4.79 Å². The standard InChI is InChI=1S/C12H21N5O3/c1-8(13)9(5-11(14)16-7-18)10(6-20-2)17-4-3-15-12(17)19/h5,7,10H,3-4,6,13-14H2,1-2H3,(H,15,19)(H,16,18)/b9-8+,11-5+. The Bertz CT molecular complexity index is 429. The third-order valence-corrected chi connectivity index (χ3v) is 2.94. The fraction of sp³-hybridized carbons (Fsp3) is 0.500. The van der Waals surface area contributed by atoms with E-state index in [9.17, 15) is 9.59 Å². The summed E-state index contributed by atoms with van der Waals surface area (Å²) in [4.78, 5) is 23.8. The van der Waals surface area contributed by atoms with Crippen LogP contribution in [0.15, 0.2) is 23.2 Å². The minimum atomic E-state index is -0.362. The Morgan fingerprint density at radius 2 is 2.30 bits per heavy atom. The fourth-order valence-corrected chi connectivity index (χ4v) is 2.04. The van der Waals surface area contributed by atoms with Crippen LogP contribution in [0.25, 0.3) is 0 Å². The van der Waals surface area contributed by atoms with Crippen LogP contribution in [0, 0.1) is 0 Å². The molecule has 6 N–H and O–H groups in total. The monoisotopic (exact) mass is 283 g/mol. The van der Waals surface area contributed by atoms with E-state index in [0.29, 0.717) is 30.8 Å². The van der Waals surface area contributed by atoms with Gasteiger partial charge >= 0.3 is 6.03 Å². The number of methoxy groups -OCH3 is 1. The molecule has 0 spiro atoms. The molecule has 1 unspecified atom stereocenters. The van der Waals surface area contributed by atoms with E-state index in [1.807, 2.05) is 0 Å². The number of rotatable bonds is 7. The Morgan fingerprint density at radius 1 is 1.60 bits per heavy atom. The lowest BCUT2D eigenvalue weighted by Crippen LogP contribution is -2.42. The predicted octanol–water partition coefficient (Wildman–Crippen LogP) is -1.19. The second kappa shape index (κ2) is 7.39. The SMILES string of the molecule is COCC(C(/C=C(\N)NC=O)=C(\C)N)N1CCNC1=O. The molecule has 1 atom stereocenters. The highest BCUT2D eigenvalue weighted by molar-refractivity contribution is 5.77. The van der Waals surface area contributed by atoms with Gasteiger partial charge in [0.1, 0.15) is 5.82 Å². The number of nitrogens with two attached hydrogens (primary N) is 2. The van der Waals surface area contributed by atoms with Gasteiger partial charge in [0, 0.05) is 25.9 Å². The zero-order chi connectivity index (χ0) is 15.1. The van der Waals surface area contributed by atoms with Gasteiger partial charge in [-0.1, -0.05) is 0 Å². The van der Waals surface area contributed by atoms with E-state index in [2.05, 4.69) is 10.6 Å². The third-order valence-electron chi connectivity index (χ3n) is 2.94. The molecule has 0 saturated carbocycles. The zero-order valence-electron chi connectivity index (χ0n) is 11.7. The van der Waals surface area contributed by atoms with E-state index in [0.717, 1.165) is 0 Å². The van der Waals surface area contributed by atoms with Crippen molar-refractivity contribution < 1.29 is 14.3 Å². The van der Waals surface area contributed by atoms with Gasteiger partial charge in [0.15, 0.2) is 0 Å². The molecule has 8 heteroatoms. The van der Waals surface area contributed by atoms with Crippen molar-refractivity contribution in [2.45, 2.75) is 13.0 Å². The number of urea groups is 1. The van der Waals surface area contributed by atoms with Crippen molar-refractivity contribution in [3.05, 3.63) is 23.2 Å². The van der Waals surface area contributed by atoms with Gasteiger partial charge in [-0.2, -0.15) is 0 Å². The van der Waals surface area contributed by atoms with Crippen molar-refractivity contribution in [3.63, 3.8) is 0 Å². The number of nitrogens with zero attached hydrogens (tertiary/aromatic N) is 1. The Labute approximate surface area is 117 Å². The van der Waals surface area contributed by atoms with Crippen LogP contribution in [-0.4, -0.2) is 50.2 Å². The molecule has 0 aromatic carbocycles. The van der Waals surface area contributed by atoms with Crippen LogP contribution in [0.2, 0.25) is 0 Å². The van der Waals surface area contributed by atoms with Crippen molar-refractivity contribution in [1.29, 1.82) is 0 Å².